The minimum absolute atomic E-state index is 0.314. The van der Waals surface area contributed by atoms with E-state index in [0.717, 1.165) is 25.7 Å². The molecule has 0 unspecified atom stereocenters. The molecule has 0 aliphatic heterocycles. The van der Waals surface area contributed by atoms with Gasteiger partial charge >= 0.3 is 5.97 Å². The van der Waals surface area contributed by atoms with Crippen LogP contribution in [0.25, 0.3) is 0 Å². The van der Waals surface area contributed by atoms with Gasteiger partial charge in [0.15, 0.2) is 0 Å². The maximum Gasteiger partial charge on any atom is 0.330 e. The number of hydrogen-bond donors (Lipinski definition) is 1. The van der Waals surface area contributed by atoms with Crippen LogP contribution in [-0.2, 0) is 9.53 Å². The summed E-state index contributed by atoms with van der Waals surface area (Å²) in [5.74, 6) is -0.330. The van der Waals surface area contributed by atoms with Crippen LogP contribution in [-0.4, -0.2) is 24.3 Å². The van der Waals surface area contributed by atoms with E-state index in [4.69, 9.17) is 9.84 Å². The van der Waals surface area contributed by atoms with Crippen molar-refractivity contribution in [2.24, 2.45) is 0 Å². The predicted molar refractivity (Wildman–Crippen MR) is 65.2 cm³/mol. The van der Waals surface area contributed by atoms with Crippen molar-refractivity contribution in [2.75, 3.05) is 13.2 Å². The molecule has 0 atom stereocenters. The summed E-state index contributed by atoms with van der Waals surface area (Å²) in [6.07, 6.45) is 10.2. The molecule has 0 rings (SSSR count). The number of rotatable bonds is 11. The molecule has 0 radical (unpaired) electrons. The Morgan fingerprint density at radius 2 is 1.50 bits per heavy atom. The van der Waals surface area contributed by atoms with Crippen LogP contribution in [0.15, 0.2) is 12.7 Å². The Morgan fingerprint density at radius 1 is 1.00 bits per heavy atom. The highest BCUT2D eigenvalue weighted by Gasteiger charge is 1.95. The first-order valence-electron chi connectivity index (χ1n) is 6.21. The van der Waals surface area contributed by atoms with E-state index >= 15 is 0 Å². The predicted octanol–water partition coefficient (Wildman–Crippen LogP) is 2.83. The molecule has 1 N–H and O–H groups in total. The number of aliphatic hydroxyl groups is 1. The molecule has 0 saturated carbocycles. The molecule has 0 saturated heterocycles. The lowest BCUT2D eigenvalue weighted by molar-refractivity contribution is -0.137. The lowest BCUT2D eigenvalue weighted by atomic mass is 10.1. The second-order valence-corrected chi connectivity index (χ2v) is 3.92. The van der Waals surface area contributed by atoms with Crippen molar-refractivity contribution >= 4 is 5.97 Å². The largest absolute Gasteiger partial charge is 0.463 e. The standard InChI is InChI=1S/C13H24O3/c1-2-13(15)16-12-10-8-6-4-3-5-7-9-11-14/h2,14H,1,3-12H2. The van der Waals surface area contributed by atoms with Crippen LogP contribution in [0.1, 0.15) is 51.4 Å². The van der Waals surface area contributed by atoms with Crippen molar-refractivity contribution in [1.82, 2.24) is 0 Å². The van der Waals surface area contributed by atoms with Crippen molar-refractivity contribution in [2.45, 2.75) is 51.4 Å². The van der Waals surface area contributed by atoms with Crippen LogP contribution in [0.2, 0.25) is 0 Å². The Bertz CT molecular complexity index is 178. The van der Waals surface area contributed by atoms with Crippen molar-refractivity contribution in [3.8, 4) is 0 Å². The molecular weight excluding hydrogens is 204 g/mol. The third-order valence-corrected chi connectivity index (χ3v) is 2.46. The fourth-order valence-corrected chi connectivity index (χ4v) is 1.51. The van der Waals surface area contributed by atoms with E-state index in [-0.39, 0.29) is 5.97 Å². The maximum absolute atomic E-state index is 10.7. The zero-order valence-corrected chi connectivity index (χ0v) is 10.1. The number of esters is 1. The number of carbonyl (C=O) groups is 1. The summed E-state index contributed by atoms with van der Waals surface area (Å²) >= 11 is 0. The van der Waals surface area contributed by atoms with Crippen LogP contribution in [0.5, 0.6) is 0 Å². The van der Waals surface area contributed by atoms with Crippen LogP contribution >= 0.6 is 0 Å². The number of unbranched alkanes of at least 4 members (excludes halogenated alkanes) is 7. The highest BCUT2D eigenvalue weighted by molar-refractivity contribution is 5.81. The second-order valence-electron chi connectivity index (χ2n) is 3.92. The van der Waals surface area contributed by atoms with E-state index < -0.39 is 0 Å². The summed E-state index contributed by atoms with van der Waals surface area (Å²) in [7, 11) is 0. The highest BCUT2D eigenvalue weighted by atomic mass is 16.5. The summed E-state index contributed by atoms with van der Waals surface area (Å²) in [5, 5.41) is 8.58. The van der Waals surface area contributed by atoms with Gasteiger partial charge in [0.2, 0.25) is 0 Å². The quantitative estimate of drug-likeness (QED) is 0.336. The van der Waals surface area contributed by atoms with Gasteiger partial charge in [0, 0.05) is 12.7 Å². The molecule has 0 heterocycles. The van der Waals surface area contributed by atoms with Crippen molar-refractivity contribution in [3.05, 3.63) is 12.7 Å². The van der Waals surface area contributed by atoms with E-state index in [1.54, 1.807) is 0 Å². The van der Waals surface area contributed by atoms with Gasteiger partial charge in [-0.25, -0.2) is 4.79 Å². The molecule has 94 valence electrons. The molecule has 16 heavy (non-hydrogen) atoms. The first kappa shape index (κ1) is 15.2. The first-order chi connectivity index (χ1) is 7.81. The molecule has 3 nitrogen and oxygen atoms in total. The number of ether oxygens (including phenoxy) is 1. The number of hydrogen-bond acceptors (Lipinski definition) is 3. The van der Waals surface area contributed by atoms with E-state index in [0.29, 0.717) is 13.2 Å². The first-order valence-corrected chi connectivity index (χ1v) is 6.21. The smallest absolute Gasteiger partial charge is 0.330 e. The third kappa shape index (κ3) is 11.2. The van der Waals surface area contributed by atoms with Gasteiger partial charge in [0.05, 0.1) is 6.61 Å². The lowest BCUT2D eigenvalue weighted by Crippen LogP contribution is -2.01. The molecule has 0 aliphatic rings. The van der Waals surface area contributed by atoms with Crippen molar-refractivity contribution in [1.29, 1.82) is 0 Å². The van der Waals surface area contributed by atoms with Crippen LogP contribution in [0.4, 0.5) is 0 Å². The van der Waals surface area contributed by atoms with Gasteiger partial charge in [0.25, 0.3) is 0 Å². The highest BCUT2D eigenvalue weighted by Crippen LogP contribution is 2.08. The van der Waals surface area contributed by atoms with Crippen LogP contribution in [0.3, 0.4) is 0 Å². The van der Waals surface area contributed by atoms with Crippen LogP contribution in [0, 0.1) is 0 Å². The molecule has 0 amide bonds. The summed E-state index contributed by atoms with van der Waals surface area (Å²) in [4.78, 5) is 10.7. The van der Waals surface area contributed by atoms with E-state index in [1.165, 1.54) is 31.8 Å². The lowest BCUT2D eigenvalue weighted by Gasteiger charge is -2.02. The zero-order chi connectivity index (χ0) is 12.1. The summed E-state index contributed by atoms with van der Waals surface area (Å²) in [6.45, 7) is 4.16. The molecular formula is C13H24O3. The molecule has 0 aliphatic carbocycles. The molecule has 0 fully saturated rings. The van der Waals surface area contributed by atoms with Gasteiger partial charge < -0.3 is 9.84 Å². The summed E-state index contributed by atoms with van der Waals surface area (Å²) in [6, 6.07) is 0. The van der Waals surface area contributed by atoms with Crippen LogP contribution < -0.4 is 0 Å². The SMILES string of the molecule is C=CC(=O)OCCCCCCCCCCO. The van der Waals surface area contributed by atoms with Gasteiger partial charge in [-0.05, 0) is 12.8 Å². The Hall–Kier alpha value is -0.830. The monoisotopic (exact) mass is 228 g/mol. The number of carbonyl (C=O) groups excluding carboxylic acids is 1. The Morgan fingerprint density at radius 3 is 2.00 bits per heavy atom. The molecule has 0 spiro atoms. The van der Waals surface area contributed by atoms with Gasteiger partial charge in [-0.3, -0.25) is 0 Å². The van der Waals surface area contributed by atoms with E-state index in [9.17, 15) is 4.79 Å². The zero-order valence-electron chi connectivity index (χ0n) is 10.1. The average molecular weight is 228 g/mol. The average Bonchev–Trinajstić information content (AvgIpc) is 2.31. The van der Waals surface area contributed by atoms with E-state index in [1.807, 2.05) is 0 Å². The van der Waals surface area contributed by atoms with Gasteiger partial charge in [-0.1, -0.05) is 45.1 Å². The van der Waals surface area contributed by atoms with Crippen molar-refractivity contribution in [3.63, 3.8) is 0 Å². The van der Waals surface area contributed by atoms with Crippen molar-refractivity contribution < 1.29 is 14.6 Å². The maximum atomic E-state index is 10.7. The van der Waals surface area contributed by atoms with Gasteiger partial charge in [-0.15, -0.1) is 0 Å². The summed E-state index contributed by atoms with van der Waals surface area (Å²) < 4.78 is 4.87. The Balaban J connectivity index is 2.98. The molecule has 0 bridgehead atoms. The van der Waals surface area contributed by atoms with E-state index in [2.05, 4.69) is 6.58 Å². The Kier molecular flexibility index (Phi) is 11.6. The molecule has 0 aromatic heterocycles. The normalized spacial score (nSPS) is 10.1. The topological polar surface area (TPSA) is 46.5 Å². The minimum Gasteiger partial charge on any atom is -0.463 e. The second kappa shape index (κ2) is 12.2. The molecule has 0 aromatic carbocycles. The molecule has 3 heteroatoms. The molecule has 0 aromatic rings. The van der Waals surface area contributed by atoms with Gasteiger partial charge in [-0.2, -0.15) is 0 Å². The number of aliphatic hydroxyl groups excluding tert-OH is 1. The fourth-order valence-electron chi connectivity index (χ4n) is 1.51. The Labute approximate surface area is 98.5 Å². The minimum atomic E-state index is -0.330. The summed E-state index contributed by atoms with van der Waals surface area (Å²) in [5.41, 5.74) is 0. The fraction of sp³-hybridized carbons (Fsp3) is 0.769. The van der Waals surface area contributed by atoms with Gasteiger partial charge in [0.1, 0.15) is 0 Å². The third-order valence-electron chi connectivity index (χ3n) is 2.46.